The van der Waals surface area contributed by atoms with Crippen molar-refractivity contribution in [2.75, 3.05) is 6.61 Å². The molecule has 9 unspecified atom stereocenters. The number of benzene rings is 1. The highest BCUT2D eigenvalue weighted by Gasteiger charge is 2.63. The first-order valence-electron chi connectivity index (χ1n) is 15.0. The maximum atomic E-state index is 12.5. The number of carboxylic acid groups (broad SMARTS) is 1. The Kier molecular flexibility index (Phi) is 8.46. The number of nitrogens with zero attached hydrogens (tertiary/aromatic N) is 1. The largest absolute Gasteiger partial charge is 0.595 e. The van der Waals surface area contributed by atoms with Crippen LogP contribution in [-0.2, 0) is 14.4 Å². The third kappa shape index (κ3) is 5.47. The molecule has 11 nitrogen and oxygen atoms in total. The van der Waals surface area contributed by atoms with Gasteiger partial charge in [0.1, 0.15) is 11.7 Å². The van der Waals surface area contributed by atoms with Crippen LogP contribution in [0.2, 0.25) is 0 Å². The van der Waals surface area contributed by atoms with Crippen LogP contribution in [0.4, 0.5) is 5.69 Å². The van der Waals surface area contributed by atoms with Gasteiger partial charge in [0.15, 0.2) is 18.3 Å². The third-order valence-corrected chi connectivity index (χ3v) is 11.1. The number of rotatable bonds is 8. The summed E-state index contributed by atoms with van der Waals surface area (Å²) in [5.41, 5.74) is 0.746. The highest BCUT2D eigenvalue weighted by molar-refractivity contribution is 5.96. The van der Waals surface area contributed by atoms with Crippen molar-refractivity contribution in [1.29, 1.82) is 0 Å². The summed E-state index contributed by atoms with van der Waals surface area (Å²) in [7, 11) is 0. The number of carbonyl (C=O) groups excluding carboxylic acids is 1. The second-order valence-electron chi connectivity index (χ2n) is 13.1. The van der Waals surface area contributed by atoms with Gasteiger partial charge in [-0.05, 0) is 86.2 Å². The molecule has 43 heavy (non-hydrogen) atoms. The minimum absolute atomic E-state index is 0.0281. The van der Waals surface area contributed by atoms with Crippen LogP contribution in [-0.4, -0.2) is 56.4 Å². The van der Waals surface area contributed by atoms with E-state index < -0.39 is 41.5 Å². The monoisotopic (exact) mass is 595 g/mol. The Morgan fingerprint density at radius 1 is 1.21 bits per heavy atom. The van der Waals surface area contributed by atoms with E-state index in [4.69, 9.17) is 11.3 Å². The van der Waals surface area contributed by atoms with Gasteiger partial charge >= 0.3 is 5.97 Å². The summed E-state index contributed by atoms with van der Waals surface area (Å²) in [6, 6.07) is 3.53. The highest BCUT2D eigenvalue weighted by Crippen LogP contribution is 2.67. The number of aliphatic hydroxyl groups is 2. The van der Waals surface area contributed by atoms with Crippen molar-refractivity contribution >= 4 is 23.3 Å². The molecule has 1 aromatic rings. The summed E-state index contributed by atoms with van der Waals surface area (Å²) in [4.78, 5) is 29.6. The molecular weight excluding hydrogens is 554 g/mol. The Morgan fingerprint density at radius 3 is 2.65 bits per heavy atom. The number of terminal acetylenes is 1. The molecule has 1 aromatic carbocycles. The van der Waals surface area contributed by atoms with E-state index in [1.165, 1.54) is 23.8 Å². The van der Waals surface area contributed by atoms with Gasteiger partial charge < -0.3 is 30.7 Å². The predicted molar refractivity (Wildman–Crippen MR) is 156 cm³/mol. The first-order valence-corrected chi connectivity index (χ1v) is 15.0. The molecule has 0 aliphatic heterocycles. The van der Waals surface area contributed by atoms with Gasteiger partial charge in [0.2, 0.25) is 0 Å². The van der Waals surface area contributed by atoms with Crippen molar-refractivity contribution in [3.63, 3.8) is 0 Å². The molecular formula is C32H41N3O8. The lowest BCUT2D eigenvalue weighted by molar-refractivity contribution is -0.991. The molecule has 5 rings (SSSR count). The second kappa shape index (κ2) is 11.7. The van der Waals surface area contributed by atoms with Crippen LogP contribution in [0.3, 0.4) is 0 Å². The van der Waals surface area contributed by atoms with Gasteiger partial charge in [0.05, 0.1) is 5.71 Å². The molecule has 0 bridgehead atoms. The van der Waals surface area contributed by atoms with Crippen LogP contribution in [0.5, 0.6) is 0 Å². The van der Waals surface area contributed by atoms with Crippen molar-refractivity contribution in [2.24, 2.45) is 33.7 Å². The SMILES string of the molecule is C#CC1(O)CCC2C3CCC4=CC(=NOCC(=O)NC(C(=O)O)C(O)c5cccc([NH+]([O-])O)c5)CCC4(C)C3CCC21C. The van der Waals surface area contributed by atoms with E-state index in [2.05, 4.69) is 36.3 Å². The van der Waals surface area contributed by atoms with Crippen molar-refractivity contribution in [3.05, 3.63) is 46.7 Å². The number of nitrogens with one attached hydrogen (secondary N) is 2. The molecule has 0 saturated heterocycles. The van der Waals surface area contributed by atoms with Gasteiger partial charge in [-0.15, -0.1) is 6.42 Å². The van der Waals surface area contributed by atoms with Crippen LogP contribution >= 0.6 is 0 Å². The average molecular weight is 596 g/mol. The molecule has 9 atom stereocenters. The Hall–Kier alpha value is -3.27. The molecule has 4 aliphatic carbocycles. The fourth-order valence-electron chi connectivity index (χ4n) is 8.61. The van der Waals surface area contributed by atoms with E-state index in [0.717, 1.165) is 50.3 Å². The summed E-state index contributed by atoms with van der Waals surface area (Å²) >= 11 is 0. The van der Waals surface area contributed by atoms with E-state index in [1.807, 2.05) is 0 Å². The molecule has 11 heteroatoms. The van der Waals surface area contributed by atoms with E-state index in [-0.39, 0.29) is 22.1 Å². The summed E-state index contributed by atoms with van der Waals surface area (Å²) in [5.74, 6) is 1.91. The van der Waals surface area contributed by atoms with E-state index in [0.29, 0.717) is 30.6 Å². The Morgan fingerprint density at radius 2 is 1.95 bits per heavy atom. The molecule has 232 valence electrons. The van der Waals surface area contributed by atoms with Crippen LogP contribution < -0.4 is 10.5 Å². The summed E-state index contributed by atoms with van der Waals surface area (Å²) < 4.78 is 0. The van der Waals surface area contributed by atoms with Crippen molar-refractivity contribution in [1.82, 2.24) is 5.32 Å². The Labute approximate surface area is 251 Å². The standard InChI is InChI=1S/C32H41N3O8/c1-4-32(40)15-12-25-23-9-8-20-17-21(10-13-30(20,2)24(23)11-14-31(25,32)3)34-43-18-26(36)33-27(29(38)39)28(37)19-6-5-7-22(16-19)35(41)42/h1,5-7,16-17,23-25,27-28,35,37,40-41H,8-15,18H2,2-3H3,(H,33,36)(H,38,39). The minimum atomic E-state index is -1.71. The quantitative estimate of drug-likeness (QED) is 0.196. The maximum absolute atomic E-state index is 12.5. The first kappa shape index (κ1) is 31.2. The molecule has 1 amide bonds. The summed E-state index contributed by atoms with van der Waals surface area (Å²) in [6.07, 6.45) is 13.3. The second-order valence-corrected chi connectivity index (χ2v) is 13.1. The number of carboxylic acids is 1. The van der Waals surface area contributed by atoms with Crippen LogP contribution in [0, 0.1) is 46.1 Å². The molecule has 6 N–H and O–H groups in total. The van der Waals surface area contributed by atoms with Gasteiger partial charge in [-0.3, -0.25) is 4.79 Å². The average Bonchev–Trinajstić information content (AvgIpc) is 3.26. The number of allylic oxidation sites excluding steroid dienone is 2. The smallest absolute Gasteiger partial charge is 0.329 e. The number of aliphatic carboxylic acids is 1. The van der Waals surface area contributed by atoms with Gasteiger partial charge in [-0.25, -0.2) is 10.0 Å². The first-order chi connectivity index (χ1) is 20.3. The van der Waals surface area contributed by atoms with Crippen molar-refractivity contribution in [3.8, 4) is 12.3 Å². The fourth-order valence-corrected chi connectivity index (χ4v) is 8.61. The van der Waals surface area contributed by atoms with E-state index in [1.54, 1.807) is 0 Å². The number of hydrogen-bond donors (Lipinski definition) is 6. The molecule has 0 aromatic heterocycles. The van der Waals surface area contributed by atoms with E-state index in [9.17, 15) is 35.3 Å². The number of oxime groups is 1. The van der Waals surface area contributed by atoms with Crippen LogP contribution in [0.25, 0.3) is 0 Å². The lowest BCUT2D eigenvalue weighted by atomic mass is 9.46. The zero-order valence-corrected chi connectivity index (χ0v) is 24.6. The van der Waals surface area contributed by atoms with Crippen molar-refractivity contribution in [2.45, 2.75) is 83.0 Å². The number of carbonyl (C=O) groups is 2. The Bertz CT molecular complexity index is 1370. The topological polar surface area (TPSA) is 176 Å². The molecule has 4 aliphatic rings. The summed E-state index contributed by atoms with van der Waals surface area (Å²) in [5, 5.41) is 57.0. The minimum Gasteiger partial charge on any atom is -0.595 e. The van der Waals surface area contributed by atoms with Crippen molar-refractivity contribution < 1.29 is 40.2 Å². The van der Waals surface area contributed by atoms with Gasteiger partial charge in [-0.1, -0.05) is 42.6 Å². The van der Waals surface area contributed by atoms with Gasteiger partial charge in [-0.2, -0.15) is 5.23 Å². The zero-order chi connectivity index (χ0) is 31.2. The number of fused-ring (bicyclic) bond motifs is 5. The summed E-state index contributed by atoms with van der Waals surface area (Å²) in [6.45, 7) is 3.98. The van der Waals surface area contributed by atoms with E-state index >= 15 is 0 Å². The van der Waals surface area contributed by atoms with Crippen LogP contribution in [0.1, 0.15) is 76.9 Å². The number of amides is 1. The molecule has 0 heterocycles. The number of hydrogen-bond acceptors (Lipinski definition) is 8. The molecule has 3 fully saturated rings. The van der Waals surface area contributed by atoms with Gasteiger partial charge in [0.25, 0.3) is 5.91 Å². The predicted octanol–water partition coefficient (Wildman–Crippen LogP) is 2.39. The molecule has 0 spiro atoms. The molecule has 3 saturated carbocycles. The third-order valence-electron chi connectivity index (χ3n) is 11.1. The number of quaternary nitrogens is 1. The van der Waals surface area contributed by atoms with Crippen LogP contribution in [0.15, 0.2) is 41.1 Å². The Balaban J connectivity index is 1.20. The highest BCUT2D eigenvalue weighted by atomic mass is 16.8. The maximum Gasteiger partial charge on any atom is 0.329 e. The normalized spacial score (nSPS) is 36.2. The lowest BCUT2D eigenvalue weighted by Crippen LogP contribution is -2.99. The fraction of sp³-hybridized carbons (Fsp3) is 0.594. The van der Waals surface area contributed by atoms with Gasteiger partial charge in [0, 0.05) is 17.5 Å². The lowest BCUT2D eigenvalue weighted by Gasteiger charge is -2.58. The number of aliphatic hydroxyl groups excluding tert-OH is 1. The zero-order valence-electron chi connectivity index (χ0n) is 24.6. The molecule has 0 radical (unpaired) electrons.